The summed E-state index contributed by atoms with van der Waals surface area (Å²) >= 11 is 0. The SMILES string of the molecule is Cc1cccc(Oc2cc(NC(=O)C(C)n3cc([N+](=O)[O-])cn3)cc([N+](=O)[O-])c2)c1. The van der Waals surface area contributed by atoms with E-state index in [2.05, 4.69) is 10.4 Å². The summed E-state index contributed by atoms with van der Waals surface area (Å²) in [5, 5.41) is 28.4. The van der Waals surface area contributed by atoms with E-state index in [-0.39, 0.29) is 22.8 Å². The lowest BCUT2D eigenvalue weighted by molar-refractivity contribution is -0.385. The minimum absolute atomic E-state index is 0.144. The Bertz CT molecular complexity index is 1130. The van der Waals surface area contributed by atoms with Crippen molar-refractivity contribution in [2.75, 3.05) is 5.32 Å². The maximum absolute atomic E-state index is 12.5. The first-order valence-electron chi connectivity index (χ1n) is 8.76. The maximum atomic E-state index is 12.5. The Labute approximate surface area is 170 Å². The summed E-state index contributed by atoms with van der Waals surface area (Å²) in [5.74, 6) is 0.104. The molecule has 0 bridgehead atoms. The molecule has 3 rings (SSSR count). The number of amides is 1. The highest BCUT2D eigenvalue weighted by Gasteiger charge is 2.20. The number of rotatable bonds is 7. The summed E-state index contributed by atoms with van der Waals surface area (Å²) in [6.45, 7) is 3.38. The van der Waals surface area contributed by atoms with Crippen LogP contribution in [-0.2, 0) is 4.79 Å². The first-order chi connectivity index (χ1) is 14.2. The van der Waals surface area contributed by atoms with E-state index in [4.69, 9.17) is 4.74 Å². The summed E-state index contributed by atoms with van der Waals surface area (Å²) in [6.07, 6.45) is 2.16. The van der Waals surface area contributed by atoms with Crippen LogP contribution in [0.15, 0.2) is 54.9 Å². The van der Waals surface area contributed by atoms with Crippen LogP contribution < -0.4 is 10.1 Å². The number of hydrogen-bond donors (Lipinski definition) is 1. The number of ether oxygens (including phenoxy) is 1. The van der Waals surface area contributed by atoms with Crippen molar-refractivity contribution in [2.45, 2.75) is 19.9 Å². The second-order valence-corrected chi connectivity index (χ2v) is 6.49. The van der Waals surface area contributed by atoms with Crippen molar-refractivity contribution in [3.05, 3.63) is 80.7 Å². The molecule has 0 saturated carbocycles. The normalized spacial score (nSPS) is 11.5. The minimum Gasteiger partial charge on any atom is -0.457 e. The van der Waals surface area contributed by atoms with Gasteiger partial charge >= 0.3 is 5.69 Å². The first-order valence-corrected chi connectivity index (χ1v) is 8.76. The van der Waals surface area contributed by atoms with Gasteiger partial charge in [0.05, 0.1) is 21.6 Å². The molecule has 30 heavy (non-hydrogen) atoms. The number of aryl methyl sites for hydroxylation is 1. The van der Waals surface area contributed by atoms with Gasteiger partial charge in [-0.05, 0) is 31.5 Å². The Morgan fingerprint density at radius 1 is 1.10 bits per heavy atom. The molecule has 1 atom stereocenters. The molecule has 0 fully saturated rings. The Kier molecular flexibility index (Phi) is 5.72. The van der Waals surface area contributed by atoms with E-state index >= 15 is 0 Å². The molecule has 0 aliphatic heterocycles. The van der Waals surface area contributed by atoms with Gasteiger partial charge in [0, 0.05) is 12.1 Å². The maximum Gasteiger partial charge on any atom is 0.307 e. The Balaban J connectivity index is 1.83. The molecule has 1 heterocycles. The Hall–Kier alpha value is -4.28. The van der Waals surface area contributed by atoms with Crippen LogP contribution in [0.4, 0.5) is 17.1 Å². The molecule has 0 radical (unpaired) electrons. The highest BCUT2D eigenvalue weighted by molar-refractivity contribution is 5.94. The zero-order valence-corrected chi connectivity index (χ0v) is 16.0. The number of nitro benzene ring substituents is 1. The largest absolute Gasteiger partial charge is 0.457 e. The second-order valence-electron chi connectivity index (χ2n) is 6.49. The van der Waals surface area contributed by atoms with Crippen molar-refractivity contribution in [1.82, 2.24) is 9.78 Å². The molecule has 3 aromatic rings. The highest BCUT2D eigenvalue weighted by Crippen LogP contribution is 2.30. The summed E-state index contributed by atoms with van der Waals surface area (Å²) < 4.78 is 6.83. The van der Waals surface area contributed by atoms with E-state index in [1.165, 1.54) is 25.1 Å². The van der Waals surface area contributed by atoms with E-state index < -0.39 is 21.8 Å². The van der Waals surface area contributed by atoms with Crippen LogP contribution in [0.25, 0.3) is 0 Å². The van der Waals surface area contributed by atoms with Crippen molar-refractivity contribution in [3.8, 4) is 11.5 Å². The molecule has 0 spiro atoms. The number of non-ortho nitro benzene ring substituents is 1. The number of benzene rings is 2. The van der Waals surface area contributed by atoms with Crippen LogP contribution in [0, 0.1) is 27.2 Å². The van der Waals surface area contributed by atoms with Gasteiger partial charge in [0.15, 0.2) is 0 Å². The lowest BCUT2D eigenvalue weighted by Crippen LogP contribution is -2.24. The summed E-state index contributed by atoms with van der Waals surface area (Å²) in [7, 11) is 0. The molecule has 154 valence electrons. The molecule has 1 amide bonds. The molecular weight excluding hydrogens is 394 g/mol. The number of carbonyl (C=O) groups excluding carboxylic acids is 1. The zero-order chi connectivity index (χ0) is 21.8. The van der Waals surface area contributed by atoms with Crippen LogP contribution in [0.5, 0.6) is 11.5 Å². The average molecular weight is 411 g/mol. The summed E-state index contributed by atoms with van der Waals surface area (Å²) in [4.78, 5) is 33.4. The fourth-order valence-electron chi connectivity index (χ4n) is 2.64. The van der Waals surface area contributed by atoms with Gasteiger partial charge < -0.3 is 10.1 Å². The molecule has 2 aromatic carbocycles. The van der Waals surface area contributed by atoms with Gasteiger partial charge in [0.1, 0.15) is 29.9 Å². The third-order valence-corrected chi connectivity index (χ3v) is 4.17. The van der Waals surface area contributed by atoms with Crippen molar-refractivity contribution in [1.29, 1.82) is 0 Å². The van der Waals surface area contributed by atoms with Gasteiger partial charge in [0.2, 0.25) is 5.91 Å². The Morgan fingerprint density at radius 2 is 1.83 bits per heavy atom. The van der Waals surface area contributed by atoms with Crippen LogP contribution >= 0.6 is 0 Å². The van der Waals surface area contributed by atoms with Crippen LogP contribution in [0.2, 0.25) is 0 Å². The van der Waals surface area contributed by atoms with Crippen LogP contribution in [-0.4, -0.2) is 25.5 Å². The number of nitrogens with zero attached hydrogens (tertiary/aromatic N) is 4. The van der Waals surface area contributed by atoms with Crippen molar-refractivity contribution >= 4 is 23.0 Å². The third-order valence-electron chi connectivity index (χ3n) is 4.17. The summed E-state index contributed by atoms with van der Waals surface area (Å²) in [6, 6.07) is 10.1. The lowest BCUT2D eigenvalue weighted by atomic mass is 10.2. The fraction of sp³-hybridized carbons (Fsp3) is 0.158. The van der Waals surface area contributed by atoms with E-state index in [9.17, 15) is 25.0 Å². The van der Waals surface area contributed by atoms with Gasteiger partial charge in [0.25, 0.3) is 5.69 Å². The van der Waals surface area contributed by atoms with E-state index in [1.807, 2.05) is 13.0 Å². The van der Waals surface area contributed by atoms with Crippen molar-refractivity contribution in [2.24, 2.45) is 0 Å². The predicted octanol–water partition coefficient (Wildman–Crippen LogP) is 4.00. The number of hydrogen-bond acceptors (Lipinski definition) is 7. The topological polar surface area (TPSA) is 142 Å². The molecule has 0 saturated heterocycles. The molecule has 1 aromatic heterocycles. The number of nitrogens with one attached hydrogen (secondary N) is 1. The Morgan fingerprint density at radius 3 is 2.47 bits per heavy atom. The van der Waals surface area contributed by atoms with Gasteiger partial charge in [-0.1, -0.05) is 12.1 Å². The molecule has 11 nitrogen and oxygen atoms in total. The molecule has 0 aliphatic carbocycles. The number of anilines is 1. The number of carbonyl (C=O) groups is 1. The van der Waals surface area contributed by atoms with Gasteiger partial charge in [-0.15, -0.1) is 0 Å². The number of nitro groups is 2. The number of aromatic nitrogens is 2. The van der Waals surface area contributed by atoms with Crippen molar-refractivity contribution in [3.63, 3.8) is 0 Å². The van der Waals surface area contributed by atoms with E-state index in [1.54, 1.807) is 18.2 Å². The molecule has 1 N–H and O–H groups in total. The quantitative estimate of drug-likeness (QED) is 0.457. The minimum atomic E-state index is -0.890. The van der Waals surface area contributed by atoms with E-state index in [0.29, 0.717) is 5.75 Å². The zero-order valence-electron chi connectivity index (χ0n) is 16.0. The predicted molar refractivity (Wildman–Crippen MR) is 107 cm³/mol. The van der Waals surface area contributed by atoms with Crippen LogP contribution in [0.3, 0.4) is 0 Å². The molecule has 1 unspecified atom stereocenters. The van der Waals surface area contributed by atoms with Crippen LogP contribution in [0.1, 0.15) is 18.5 Å². The second kappa shape index (κ2) is 8.39. The fourth-order valence-corrected chi connectivity index (χ4v) is 2.64. The van der Waals surface area contributed by atoms with Crippen molar-refractivity contribution < 1.29 is 19.4 Å². The van der Waals surface area contributed by atoms with Gasteiger partial charge in [-0.2, -0.15) is 5.10 Å². The molecule has 0 aliphatic rings. The van der Waals surface area contributed by atoms with Gasteiger partial charge in [-0.3, -0.25) is 29.7 Å². The smallest absolute Gasteiger partial charge is 0.307 e. The monoisotopic (exact) mass is 411 g/mol. The highest BCUT2D eigenvalue weighted by atomic mass is 16.6. The third kappa shape index (κ3) is 4.76. The van der Waals surface area contributed by atoms with Gasteiger partial charge in [-0.25, -0.2) is 0 Å². The summed E-state index contributed by atoms with van der Waals surface area (Å²) in [5.41, 5.74) is 0.579. The van der Waals surface area contributed by atoms with E-state index in [0.717, 1.165) is 22.6 Å². The first kappa shape index (κ1) is 20.5. The molecular formula is C19H17N5O6. The molecule has 11 heteroatoms. The average Bonchev–Trinajstić information content (AvgIpc) is 3.17. The standard InChI is InChI=1S/C19H17N5O6/c1-12-4-3-5-17(6-12)30-18-8-14(7-15(9-18)23(26)27)21-19(25)13(2)22-11-16(10-20-22)24(28)29/h3-11,13H,1-2H3,(H,21,25). The lowest BCUT2D eigenvalue weighted by Gasteiger charge is -2.13.